The van der Waals surface area contributed by atoms with Crippen LogP contribution in [0, 0.1) is 0 Å². The van der Waals surface area contributed by atoms with Crippen molar-refractivity contribution in [2.75, 3.05) is 53.6 Å². The average Bonchev–Trinajstić information content (AvgIpc) is 2.38. The Kier molecular flexibility index (Phi) is 11.3. The summed E-state index contributed by atoms with van der Waals surface area (Å²) in [6.45, 7) is 13.1. The minimum Gasteiger partial charge on any atom is -0.380 e. The van der Waals surface area contributed by atoms with E-state index in [1.807, 2.05) is 14.1 Å². The Morgan fingerprint density at radius 2 is 1.14 bits per heavy atom. The maximum atomic E-state index is 5.99. The van der Waals surface area contributed by atoms with Gasteiger partial charge in [-0.05, 0) is 54.6 Å². The summed E-state index contributed by atoms with van der Waals surface area (Å²) in [6.07, 6.45) is 1.79. The van der Waals surface area contributed by atoms with Crippen molar-refractivity contribution >= 4 is 0 Å². The highest BCUT2D eigenvalue weighted by Gasteiger charge is 2.22. The third-order valence-corrected chi connectivity index (χ3v) is 3.39. The van der Waals surface area contributed by atoms with Crippen molar-refractivity contribution in [3.05, 3.63) is 0 Å². The van der Waals surface area contributed by atoms with Crippen molar-refractivity contribution < 1.29 is 14.2 Å². The molecule has 0 aliphatic heterocycles. The maximum absolute atomic E-state index is 5.99. The molecular weight excluding hydrogens is 268 g/mol. The van der Waals surface area contributed by atoms with E-state index in [1.165, 1.54) is 0 Å². The molecule has 21 heavy (non-hydrogen) atoms. The summed E-state index contributed by atoms with van der Waals surface area (Å²) in [4.78, 5) is 0. The molecule has 0 aromatic carbocycles. The molecule has 0 saturated heterocycles. The van der Waals surface area contributed by atoms with E-state index in [4.69, 9.17) is 14.2 Å². The molecule has 0 fully saturated rings. The largest absolute Gasteiger partial charge is 0.380 e. The van der Waals surface area contributed by atoms with Crippen LogP contribution in [-0.2, 0) is 14.2 Å². The second-order valence-corrected chi connectivity index (χ2v) is 6.54. The standard InChI is InChI=1S/C16H36N2O3/c1-15(2,7-11-19-13-9-17-5)20-12-8-16(3,4)21-14-10-18-6/h17-18H,7-14H2,1-6H3. The lowest BCUT2D eigenvalue weighted by molar-refractivity contribution is -0.0794. The molecule has 5 heteroatoms. The van der Waals surface area contributed by atoms with Crippen molar-refractivity contribution in [1.29, 1.82) is 0 Å². The van der Waals surface area contributed by atoms with Crippen LogP contribution in [0.5, 0.6) is 0 Å². The van der Waals surface area contributed by atoms with Gasteiger partial charge in [-0.3, -0.25) is 0 Å². The van der Waals surface area contributed by atoms with Gasteiger partial charge in [0.15, 0.2) is 0 Å². The molecule has 0 amide bonds. The van der Waals surface area contributed by atoms with Crippen molar-refractivity contribution in [2.45, 2.75) is 51.7 Å². The summed E-state index contributed by atoms with van der Waals surface area (Å²) < 4.78 is 17.4. The molecular formula is C16H36N2O3. The Labute approximate surface area is 131 Å². The highest BCUT2D eigenvalue weighted by molar-refractivity contribution is 4.72. The average molecular weight is 304 g/mol. The molecule has 0 atom stereocenters. The van der Waals surface area contributed by atoms with E-state index in [2.05, 4.69) is 38.3 Å². The van der Waals surface area contributed by atoms with Crippen LogP contribution in [-0.4, -0.2) is 64.8 Å². The highest BCUT2D eigenvalue weighted by atomic mass is 16.5. The fourth-order valence-corrected chi connectivity index (χ4v) is 1.74. The van der Waals surface area contributed by atoms with Gasteiger partial charge in [0.1, 0.15) is 0 Å². The lowest BCUT2D eigenvalue weighted by Crippen LogP contribution is -2.33. The van der Waals surface area contributed by atoms with Crippen LogP contribution in [0.1, 0.15) is 40.5 Å². The SMILES string of the molecule is CNCCOCCC(C)(C)OCCC(C)(C)OCCNC. The molecule has 0 aliphatic rings. The minimum atomic E-state index is -0.152. The Morgan fingerprint density at radius 3 is 1.71 bits per heavy atom. The van der Waals surface area contributed by atoms with Crippen LogP contribution in [0.15, 0.2) is 0 Å². The van der Waals surface area contributed by atoms with E-state index in [9.17, 15) is 0 Å². The number of likely N-dealkylation sites (N-methyl/N-ethyl adjacent to an activating group) is 2. The zero-order valence-electron chi connectivity index (χ0n) is 14.9. The molecule has 2 N–H and O–H groups in total. The lowest BCUT2D eigenvalue weighted by atomic mass is 10.0. The molecule has 0 aliphatic carbocycles. The minimum absolute atomic E-state index is 0.143. The van der Waals surface area contributed by atoms with Gasteiger partial charge in [-0.1, -0.05) is 0 Å². The van der Waals surface area contributed by atoms with Gasteiger partial charge in [-0.15, -0.1) is 0 Å². The Balaban J connectivity index is 3.75. The number of nitrogens with one attached hydrogen (secondary N) is 2. The first-order chi connectivity index (χ1) is 9.83. The molecule has 0 aromatic rings. The van der Waals surface area contributed by atoms with E-state index in [-0.39, 0.29) is 11.2 Å². The monoisotopic (exact) mass is 304 g/mol. The van der Waals surface area contributed by atoms with Gasteiger partial charge in [-0.2, -0.15) is 0 Å². The first kappa shape index (κ1) is 20.8. The van der Waals surface area contributed by atoms with Crippen LogP contribution in [0.3, 0.4) is 0 Å². The molecule has 128 valence electrons. The zero-order chi connectivity index (χ0) is 16.2. The number of hydrogen-bond donors (Lipinski definition) is 2. The molecule has 5 nitrogen and oxygen atoms in total. The van der Waals surface area contributed by atoms with Gasteiger partial charge in [0, 0.05) is 19.7 Å². The highest BCUT2D eigenvalue weighted by Crippen LogP contribution is 2.19. The summed E-state index contributed by atoms with van der Waals surface area (Å²) in [5.41, 5.74) is -0.295. The normalized spacial score (nSPS) is 12.9. The molecule has 0 heterocycles. The number of hydrogen-bond acceptors (Lipinski definition) is 5. The Morgan fingerprint density at radius 1 is 0.667 bits per heavy atom. The summed E-state index contributed by atoms with van der Waals surface area (Å²) >= 11 is 0. The third kappa shape index (κ3) is 13.2. The summed E-state index contributed by atoms with van der Waals surface area (Å²) in [6, 6.07) is 0. The molecule has 0 bridgehead atoms. The molecule has 0 saturated carbocycles. The van der Waals surface area contributed by atoms with E-state index < -0.39 is 0 Å². The summed E-state index contributed by atoms with van der Waals surface area (Å²) in [5.74, 6) is 0. The smallest absolute Gasteiger partial charge is 0.0649 e. The van der Waals surface area contributed by atoms with Crippen molar-refractivity contribution in [3.63, 3.8) is 0 Å². The number of ether oxygens (including phenoxy) is 3. The van der Waals surface area contributed by atoms with Crippen LogP contribution in [0.2, 0.25) is 0 Å². The van der Waals surface area contributed by atoms with Gasteiger partial charge in [0.2, 0.25) is 0 Å². The Hall–Kier alpha value is -0.200. The fraction of sp³-hybridized carbons (Fsp3) is 1.00. The van der Waals surface area contributed by atoms with Gasteiger partial charge >= 0.3 is 0 Å². The van der Waals surface area contributed by atoms with Crippen LogP contribution in [0.4, 0.5) is 0 Å². The van der Waals surface area contributed by atoms with Gasteiger partial charge in [0.05, 0.1) is 31.0 Å². The predicted octanol–water partition coefficient (Wildman–Crippen LogP) is 1.81. The second-order valence-electron chi connectivity index (χ2n) is 6.54. The summed E-state index contributed by atoms with van der Waals surface area (Å²) in [5, 5.41) is 6.15. The molecule has 0 spiro atoms. The molecule has 0 aromatic heterocycles. The predicted molar refractivity (Wildman–Crippen MR) is 88.0 cm³/mol. The topological polar surface area (TPSA) is 51.8 Å². The second kappa shape index (κ2) is 11.4. The van der Waals surface area contributed by atoms with Crippen molar-refractivity contribution in [2.24, 2.45) is 0 Å². The maximum Gasteiger partial charge on any atom is 0.0649 e. The fourth-order valence-electron chi connectivity index (χ4n) is 1.74. The zero-order valence-corrected chi connectivity index (χ0v) is 14.9. The third-order valence-electron chi connectivity index (χ3n) is 3.39. The first-order valence-corrected chi connectivity index (χ1v) is 7.98. The Bertz CT molecular complexity index is 246. The molecule has 0 rings (SSSR count). The van der Waals surface area contributed by atoms with Crippen LogP contribution >= 0.6 is 0 Å². The van der Waals surface area contributed by atoms with E-state index in [0.29, 0.717) is 6.61 Å². The van der Waals surface area contributed by atoms with Gasteiger partial charge in [0.25, 0.3) is 0 Å². The van der Waals surface area contributed by atoms with Crippen LogP contribution < -0.4 is 10.6 Å². The van der Waals surface area contributed by atoms with Crippen LogP contribution in [0.25, 0.3) is 0 Å². The van der Waals surface area contributed by atoms with E-state index in [1.54, 1.807) is 0 Å². The summed E-state index contributed by atoms with van der Waals surface area (Å²) in [7, 11) is 3.86. The molecule has 0 unspecified atom stereocenters. The quantitative estimate of drug-likeness (QED) is 0.479. The lowest BCUT2D eigenvalue weighted by Gasteiger charge is -2.29. The van der Waals surface area contributed by atoms with Gasteiger partial charge < -0.3 is 24.8 Å². The first-order valence-electron chi connectivity index (χ1n) is 7.98. The van der Waals surface area contributed by atoms with Gasteiger partial charge in [-0.25, -0.2) is 0 Å². The van der Waals surface area contributed by atoms with Crippen molar-refractivity contribution in [3.8, 4) is 0 Å². The van der Waals surface area contributed by atoms with Crippen molar-refractivity contribution in [1.82, 2.24) is 10.6 Å². The van der Waals surface area contributed by atoms with E-state index >= 15 is 0 Å². The number of rotatable bonds is 14. The molecule has 0 radical (unpaired) electrons. The van der Waals surface area contributed by atoms with E-state index in [0.717, 1.165) is 45.8 Å².